The molecule has 1 aromatic carbocycles. The fourth-order valence-corrected chi connectivity index (χ4v) is 4.53. The Morgan fingerprint density at radius 1 is 0.857 bits per heavy atom. The van der Waals surface area contributed by atoms with Gasteiger partial charge in [0.05, 0.1) is 23.9 Å². The summed E-state index contributed by atoms with van der Waals surface area (Å²) >= 11 is 0. The lowest BCUT2D eigenvalue weighted by molar-refractivity contribution is -0.287. The predicted molar refractivity (Wildman–Crippen MR) is 141 cm³/mol. The lowest BCUT2D eigenvalue weighted by atomic mass is 9.87. The van der Waals surface area contributed by atoms with Crippen LogP contribution in [0.4, 0.5) is 0 Å². The predicted octanol–water partition coefficient (Wildman–Crippen LogP) is 7.01. The first-order valence-electron chi connectivity index (χ1n) is 13.6. The van der Waals surface area contributed by atoms with E-state index < -0.39 is 17.9 Å². The summed E-state index contributed by atoms with van der Waals surface area (Å²) in [6.07, 6.45) is 10.0. The van der Waals surface area contributed by atoms with E-state index in [-0.39, 0.29) is 30.5 Å². The average molecular weight is 495 g/mol. The minimum atomic E-state index is -0.728. The molecular weight excluding hydrogens is 444 g/mol. The first-order chi connectivity index (χ1) is 16.6. The quantitative estimate of drug-likeness (QED) is 0.122. The summed E-state index contributed by atoms with van der Waals surface area (Å²) in [4.78, 5) is 12.1. The third kappa shape index (κ3) is 13.3. The monoisotopic (exact) mass is 494 g/mol. The lowest BCUT2D eigenvalue weighted by Crippen LogP contribution is -2.44. The van der Waals surface area contributed by atoms with Crippen molar-refractivity contribution >= 4 is 5.97 Å². The molecule has 0 amide bonds. The van der Waals surface area contributed by atoms with Crippen molar-refractivity contribution in [2.24, 2.45) is 5.92 Å². The largest absolute Gasteiger partial charge is 0.508 e. The highest BCUT2D eigenvalue weighted by Gasteiger charge is 2.37. The molecule has 0 fully saturated rings. The van der Waals surface area contributed by atoms with Crippen LogP contribution in [0.15, 0.2) is 24.3 Å². The van der Waals surface area contributed by atoms with Crippen molar-refractivity contribution in [3.05, 3.63) is 29.8 Å². The molecule has 6 nitrogen and oxygen atoms in total. The van der Waals surface area contributed by atoms with Crippen LogP contribution in [-0.4, -0.2) is 46.9 Å². The molecule has 35 heavy (non-hydrogen) atoms. The van der Waals surface area contributed by atoms with E-state index in [1.165, 1.54) is 56.4 Å². The summed E-state index contributed by atoms with van der Waals surface area (Å²) in [6.45, 7) is 12.4. The number of rotatable bonds is 19. The number of hydrogen-bond acceptors (Lipinski definition) is 6. The van der Waals surface area contributed by atoms with Crippen molar-refractivity contribution in [1.82, 2.24) is 0 Å². The van der Waals surface area contributed by atoms with E-state index >= 15 is 0 Å². The fourth-order valence-electron chi connectivity index (χ4n) is 4.53. The maximum absolute atomic E-state index is 12.1. The van der Waals surface area contributed by atoms with Gasteiger partial charge in [-0.1, -0.05) is 51.9 Å². The Hall–Kier alpha value is -1.63. The number of carbonyl (C=O) groups excluding carboxylic acids is 1. The van der Waals surface area contributed by atoms with E-state index in [0.717, 1.165) is 25.7 Å². The van der Waals surface area contributed by atoms with Crippen molar-refractivity contribution in [2.75, 3.05) is 6.61 Å². The van der Waals surface area contributed by atoms with Gasteiger partial charge in [-0.3, -0.25) is 0 Å². The third-order valence-corrected chi connectivity index (χ3v) is 6.19. The van der Waals surface area contributed by atoms with Gasteiger partial charge >= 0.3 is 5.97 Å². The van der Waals surface area contributed by atoms with Crippen LogP contribution in [-0.2, 0) is 14.2 Å². The molecule has 0 aliphatic carbocycles. The van der Waals surface area contributed by atoms with Crippen LogP contribution < -0.4 is 0 Å². The van der Waals surface area contributed by atoms with Gasteiger partial charge in [0.1, 0.15) is 12.4 Å². The summed E-state index contributed by atoms with van der Waals surface area (Å²) in [5.41, 5.74) is 0.349. The van der Waals surface area contributed by atoms with Gasteiger partial charge in [0.15, 0.2) is 5.79 Å². The SMILES string of the molecule is CCCCCCCCC(CCCC(O)COC(=O)c1ccc(O)cc1)C(C)(OC(C)C)OC(C)C. The molecule has 2 N–H and O–H groups in total. The molecule has 0 bridgehead atoms. The number of aliphatic hydroxyl groups is 1. The van der Waals surface area contributed by atoms with Crippen molar-refractivity contribution in [1.29, 1.82) is 0 Å². The van der Waals surface area contributed by atoms with Gasteiger partial charge in [0, 0.05) is 5.92 Å². The molecule has 0 saturated carbocycles. The number of aromatic hydroxyl groups is 1. The number of benzene rings is 1. The number of phenolic OH excluding ortho intramolecular Hbond substituents is 1. The van der Waals surface area contributed by atoms with Crippen LogP contribution in [0.25, 0.3) is 0 Å². The average Bonchev–Trinajstić information content (AvgIpc) is 2.77. The van der Waals surface area contributed by atoms with Crippen molar-refractivity contribution in [2.45, 2.75) is 130 Å². The molecule has 0 heterocycles. The van der Waals surface area contributed by atoms with Gasteiger partial charge in [0.25, 0.3) is 0 Å². The molecule has 0 aliphatic rings. The number of aliphatic hydroxyl groups excluding tert-OH is 1. The highest BCUT2D eigenvalue weighted by molar-refractivity contribution is 5.89. The molecule has 0 radical (unpaired) electrons. The minimum absolute atomic E-state index is 0.0515. The molecule has 1 rings (SSSR count). The Bertz CT molecular complexity index is 675. The standard InChI is InChI=1S/C29H50O6/c1-7-8-9-10-11-12-14-25(29(6,34-22(2)3)35-23(4)5)15-13-16-27(31)21-33-28(32)24-17-19-26(30)20-18-24/h17-20,22-23,25,27,30-31H,7-16,21H2,1-6H3. The summed E-state index contributed by atoms with van der Waals surface area (Å²) in [6, 6.07) is 5.88. The zero-order valence-corrected chi connectivity index (χ0v) is 22.9. The molecular formula is C29H50O6. The van der Waals surface area contributed by atoms with E-state index in [1.54, 1.807) is 0 Å². The van der Waals surface area contributed by atoms with Gasteiger partial charge in [-0.05, 0) is 78.1 Å². The van der Waals surface area contributed by atoms with Crippen LogP contribution >= 0.6 is 0 Å². The summed E-state index contributed by atoms with van der Waals surface area (Å²) in [7, 11) is 0. The zero-order chi connectivity index (χ0) is 26.3. The number of esters is 1. The molecule has 0 saturated heterocycles. The van der Waals surface area contributed by atoms with Crippen molar-refractivity contribution in [3.63, 3.8) is 0 Å². The maximum atomic E-state index is 12.1. The Balaban J connectivity index is 2.62. The van der Waals surface area contributed by atoms with Crippen molar-refractivity contribution in [3.8, 4) is 5.75 Å². The minimum Gasteiger partial charge on any atom is -0.508 e. The van der Waals surface area contributed by atoms with Crippen LogP contribution in [0.1, 0.15) is 116 Å². The van der Waals surface area contributed by atoms with Crippen LogP contribution in [0.5, 0.6) is 5.75 Å². The second kappa shape index (κ2) is 16.9. The molecule has 0 spiro atoms. The summed E-state index contributed by atoms with van der Waals surface area (Å²) < 4.78 is 17.9. The smallest absolute Gasteiger partial charge is 0.338 e. The van der Waals surface area contributed by atoms with E-state index in [9.17, 15) is 15.0 Å². The van der Waals surface area contributed by atoms with Gasteiger partial charge < -0.3 is 24.4 Å². The Morgan fingerprint density at radius 2 is 1.40 bits per heavy atom. The second-order valence-electron chi connectivity index (χ2n) is 10.3. The van der Waals surface area contributed by atoms with E-state index in [1.807, 2.05) is 27.7 Å². The summed E-state index contributed by atoms with van der Waals surface area (Å²) in [5, 5.41) is 19.8. The Labute approximate surface area is 213 Å². The first kappa shape index (κ1) is 31.4. The topological polar surface area (TPSA) is 85.2 Å². The van der Waals surface area contributed by atoms with Crippen LogP contribution in [0.2, 0.25) is 0 Å². The number of unbranched alkanes of at least 4 members (excludes halogenated alkanes) is 5. The number of carbonyl (C=O) groups is 1. The van der Waals surface area contributed by atoms with Gasteiger partial charge in [-0.2, -0.15) is 0 Å². The lowest BCUT2D eigenvalue weighted by Gasteiger charge is -2.40. The molecule has 2 unspecified atom stereocenters. The van der Waals surface area contributed by atoms with Crippen LogP contribution in [0.3, 0.4) is 0 Å². The first-order valence-corrected chi connectivity index (χ1v) is 13.6. The van der Waals surface area contributed by atoms with Crippen LogP contribution in [0, 0.1) is 5.92 Å². The fraction of sp³-hybridized carbons (Fsp3) is 0.759. The van der Waals surface area contributed by atoms with Gasteiger partial charge in [-0.25, -0.2) is 4.79 Å². The van der Waals surface area contributed by atoms with E-state index in [2.05, 4.69) is 13.8 Å². The molecule has 6 heteroatoms. The highest BCUT2D eigenvalue weighted by atomic mass is 16.7. The van der Waals surface area contributed by atoms with Gasteiger partial charge in [-0.15, -0.1) is 0 Å². The second-order valence-corrected chi connectivity index (χ2v) is 10.3. The molecule has 202 valence electrons. The van der Waals surface area contributed by atoms with Gasteiger partial charge in [0.2, 0.25) is 0 Å². The molecule has 2 atom stereocenters. The van der Waals surface area contributed by atoms with E-state index in [0.29, 0.717) is 12.0 Å². The Morgan fingerprint density at radius 3 is 1.97 bits per heavy atom. The normalized spacial score (nSPS) is 13.9. The summed E-state index contributed by atoms with van der Waals surface area (Å²) in [5.74, 6) is -0.882. The zero-order valence-electron chi connectivity index (χ0n) is 22.9. The van der Waals surface area contributed by atoms with E-state index in [4.69, 9.17) is 14.2 Å². The molecule has 1 aromatic rings. The molecule has 0 aliphatic heterocycles. The third-order valence-electron chi connectivity index (χ3n) is 6.19. The number of hydrogen-bond donors (Lipinski definition) is 2. The number of ether oxygens (including phenoxy) is 3. The molecule has 0 aromatic heterocycles. The number of phenols is 1. The maximum Gasteiger partial charge on any atom is 0.338 e. The Kier molecular flexibility index (Phi) is 15.2. The highest BCUT2D eigenvalue weighted by Crippen LogP contribution is 2.35. The van der Waals surface area contributed by atoms with Crippen molar-refractivity contribution < 1.29 is 29.2 Å².